The van der Waals surface area contributed by atoms with E-state index in [9.17, 15) is 0 Å². The third-order valence-electron chi connectivity index (χ3n) is 2.63. The molecule has 0 amide bonds. The van der Waals surface area contributed by atoms with Crippen molar-refractivity contribution >= 4 is 0 Å². The summed E-state index contributed by atoms with van der Waals surface area (Å²) >= 11 is 0. The predicted octanol–water partition coefficient (Wildman–Crippen LogP) is 1.37. The smallest absolute Gasteiger partial charge is 0.165 e. The van der Waals surface area contributed by atoms with Gasteiger partial charge < -0.3 is 15.0 Å². The molecule has 0 unspecified atom stereocenters. The van der Waals surface area contributed by atoms with Crippen LogP contribution in [0.4, 0.5) is 0 Å². The highest BCUT2D eigenvalue weighted by Crippen LogP contribution is 2.28. The molecule has 0 fully saturated rings. The zero-order chi connectivity index (χ0) is 12.6. The van der Waals surface area contributed by atoms with Crippen LogP contribution in [-0.2, 0) is 22.4 Å². The number of aromatic nitrogens is 3. The molecular formula is C11H22N4O. The normalized spacial score (nSPS) is 13.2. The zero-order valence-corrected chi connectivity index (χ0v) is 11.0. The quantitative estimate of drug-likeness (QED) is 0.845. The van der Waals surface area contributed by atoms with E-state index in [0.29, 0.717) is 6.54 Å². The predicted molar refractivity (Wildman–Crippen MR) is 62.9 cm³/mol. The van der Waals surface area contributed by atoms with Crippen LogP contribution in [0.15, 0.2) is 0 Å². The van der Waals surface area contributed by atoms with Crippen molar-refractivity contribution in [3.63, 3.8) is 0 Å². The number of hydrogen-bond donors (Lipinski definition) is 1. The molecule has 5 heteroatoms. The Morgan fingerprint density at radius 1 is 1.19 bits per heavy atom. The molecule has 0 saturated heterocycles. The lowest BCUT2D eigenvalue weighted by Gasteiger charge is -2.30. The summed E-state index contributed by atoms with van der Waals surface area (Å²) in [4.78, 5) is 0. The van der Waals surface area contributed by atoms with Crippen LogP contribution in [-0.4, -0.2) is 21.9 Å². The summed E-state index contributed by atoms with van der Waals surface area (Å²) in [5.41, 5.74) is 5.11. The van der Waals surface area contributed by atoms with Crippen molar-refractivity contribution in [2.24, 2.45) is 5.73 Å². The van der Waals surface area contributed by atoms with Gasteiger partial charge in [0, 0.05) is 12.6 Å². The van der Waals surface area contributed by atoms with Crippen molar-refractivity contribution in [2.45, 2.75) is 52.3 Å². The molecule has 1 rings (SSSR count). The van der Waals surface area contributed by atoms with Crippen LogP contribution >= 0.6 is 0 Å². The monoisotopic (exact) mass is 226 g/mol. The van der Waals surface area contributed by atoms with E-state index in [2.05, 4.69) is 35.5 Å². The maximum absolute atomic E-state index is 5.68. The minimum Gasteiger partial charge on any atom is -0.371 e. The van der Waals surface area contributed by atoms with Gasteiger partial charge in [0.2, 0.25) is 0 Å². The summed E-state index contributed by atoms with van der Waals surface area (Å²) in [6, 6.07) is 0. The highest BCUT2D eigenvalue weighted by Gasteiger charge is 2.32. The molecule has 0 saturated carbocycles. The SMILES string of the molecule is COC(C)(C)c1nnc(CN)n1C(C)(C)C. The second-order valence-corrected chi connectivity index (χ2v) is 5.36. The molecule has 0 radical (unpaired) electrons. The topological polar surface area (TPSA) is 66.0 Å². The van der Waals surface area contributed by atoms with E-state index in [4.69, 9.17) is 10.5 Å². The first kappa shape index (κ1) is 13.1. The number of rotatable bonds is 3. The molecule has 0 aromatic carbocycles. The minimum absolute atomic E-state index is 0.108. The van der Waals surface area contributed by atoms with E-state index in [0.717, 1.165) is 11.6 Å². The Morgan fingerprint density at radius 3 is 2.12 bits per heavy atom. The fraction of sp³-hybridized carbons (Fsp3) is 0.818. The fourth-order valence-electron chi connectivity index (χ4n) is 1.63. The zero-order valence-electron chi connectivity index (χ0n) is 11.0. The van der Waals surface area contributed by atoms with Gasteiger partial charge in [-0.1, -0.05) is 0 Å². The van der Waals surface area contributed by atoms with Crippen LogP contribution in [0.5, 0.6) is 0 Å². The van der Waals surface area contributed by atoms with Crippen molar-refractivity contribution in [1.82, 2.24) is 14.8 Å². The van der Waals surface area contributed by atoms with E-state index in [1.54, 1.807) is 7.11 Å². The summed E-state index contributed by atoms with van der Waals surface area (Å²) < 4.78 is 7.51. The summed E-state index contributed by atoms with van der Waals surface area (Å²) in [6.07, 6.45) is 0. The third kappa shape index (κ3) is 2.25. The number of nitrogens with two attached hydrogens (primary N) is 1. The number of ether oxygens (including phenoxy) is 1. The Balaban J connectivity index is 3.37. The first-order valence-corrected chi connectivity index (χ1v) is 5.44. The molecule has 0 aliphatic carbocycles. The number of methoxy groups -OCH3 is 1. The fourth-order valence-corrected chi connectivity index (χ4v) is 1.63. The largest absolute Gasteiger partial charge is 0.371 e. The Kier molecular flexibility index (Phi) is 3.40. The molecule has 92 valence electrons. The van der Waals surface area contributed by atoms with Crippen LogP contribution in [0.25, 0.3) is 0 Å². The van der Waals surface area contributed by atoms with Gasteiger partial charge in [-0.15, -0.1) is 10.2 Å². The highest BCUT2D eigenvalue weighted by atomic mass is 16.5. The van der Waals surface area contributed by atoms with Crippen LogP contribution < -0.4 is 5.73 Å². The summed E-state index contributed by atoms with van der Waals surface area (Å²) in [5.74, 6) is 1.59. The molecule has 0 spiro atoms. The van der Waals surface area contributed by atoms with Gasteiger partial charge in [-0.2, -0.15) is 0 Å². The second-order valence-electron chi connectivity index (χ2n) is 5.36. The molecule has 0 aliphatic rings. The third-order valence-corrected chi connectivity index (χ3v) is 2.63. The maximum Gasteiger partial charge on any atom is 0.165 e. The van der Waals surface area contributed by atoms with Crippen LogP contribution in [0, 0.1) is 0 Å². The lowest BCUT2D eigenvalue weighted by atomic mass is 10.0. The lowest BCUT2D eigenvalue weighted by molar-refractivity contribution is 0.00508. The van der Waals surface area contributed by atoms with E-state index < -0.39 is 5.60 Å². The summed E-state index contributed by atoms with van der Waals surface area (Å²) in [6.45, 7) is 10.6. The highest BCUT2D eigenvalue weighted by molar-refractivity contribution is 5.07. The van der Waals surface area contributed by atoms with Gasteiger partial charge in [0.25, 0.3) is 0 Å². The summed E-state index contributed by atoms with van der Waals surface area (Å²) in [5, 5.41) is 8.33. The van der Waals surface area contributed by atoms with Gasteiger partial charge in [0.1, 0.15) is 11.4 Å². The van der Waals surface area contributed by atoms with E-state index in [1.165, 1.54) is 0 Å². The van der Waals surface area contributed by atoms with Gasteiger partial charge in [0.05, 0.1) is 6.54 Å². The molecular weight excluding hydrogens is 204 g/mol. The van der Waals surface area contributed by atoms with Crippen LogP contribution in [0.2, 0.25) is 0 Å². The Morgan fingerprint density at radius 2 is 1.75 bits per heavy atom. The molecule has 0 atom stereocenters. The minimum atomic E-state index is -0.465. The Labute approximate surface area is 97.0 Å². The molecule has 1 aromatic heterocycles. The molecule has 16 heavy (non-hydrogen) atoms. The van der Waals surface area contributed by atoms with Crippen LogP contribution in [0.3, 0.4) is 0 Å². The van der Waals surface area contributed by atoms with Crippen molar-refractivity contribution in [3.05, 3.63) is 11.6 Å². The first-order chi connectivity index (χ1) is 7.24. The number of nitrogens with zero attached hydrogens (tertiary/aromatic N) is 3. The van der Waals surface area contributed by atoms with Crippen molar-refractivity contribution < 1.29 is 4.74 Å². The first-order valence-electron chi connectivity index (χ1n) is 5.44. The Bertz CT molecular complexity index is 363. The van der Waals surface area contributed by atoms with Gasteiger partial charge in [-0.25, -0.2) is 0 Å². The lowest BCUT2D eigenvalue weighted by Crippen LogP contribution is -2.33. The molecule has 5 nitrogen and oxygen atoms in total. The second kappa shape index (κ2) is 4.14. The average molecular weight is 226 g/mol. The molecule has 0 bridgehead atoms. The molecule has 0 aliphatic heterocycles. The number of hydrogen-bond acceptors (Lipinski definition) is 4. The summed E-state index contributed by atoms with van der Waals surface area (Å²) in [7, 11) is 1.67. The molecule has 1 aromatic rings. The van der Waals surface area contributed by atoms with Crippen molar-refractivity contribution in [1.29, 1.82) is 0 Å². The average Bonchev–Trinajstić information content (AvgIpc) is 2.61. The van der Waals surface area contributed by atoms with Gasteiger partial charge >= 0.3 is 0 Å². The standard InChI is InChI=1S/C11H22N4O/c1-10(2,3)15-8(7-12)13-14-9(15)11(4,5)16-6/h7,12H2,1-6H3. The van der Waals surface area contributed by atoms with Gasteiger partial charge in [-0.05, 0) is 34.6 Å². The molecule has 1 heterocycles. The van der Waals surface area contributed by atoms with Crippen molar-refractivity contribution in [2.75, 3.05) is 7.11 Å². The van der Waals surface area contributed by atoms with Gasteiger partial charge in [-0.3, -0.25) is 0 Å². The van der Waals surface area contributed by atoms with Gasteiger partial charge in [0.15, 0.2) is 5.82 Å². The Hall–Kier alpha value is -0.940. The van der Waals surface area contributed by atoms with Crippen molar-refractivity contribution in [3.8, 4) is 0 Å². The van der Waals surface area contributed by atoms with E-state index in [1.807, 2.05) is 13.8 Å². The van der Waals surface area contributed by atoms with E-state index in [-0.39, 0.29) is 5.54 Å². The van der Waals surface area contributed by atoms with E-state index >= 15 is 0 Å². The maximum atomic E-state index is 5.68. The molecule has 2 N–H and O–H groups in total. The van der Waals surface area contributed by atoms with Crippen LogP contribution in [0.1, 0.15) is 46.3 Å².